The second-order valence-corrected chi connectivity index (χ2v) is 4.92. The van der Waals surface area contributed by atoms with E-state index in [0.717, 1.165) is 12.5 Å². The van der Waals surface area contributed by atoms with Gasteiger partial charge < -0.3 is 10.6 Å². The van der Waals surface area contributed by atoms with Gasteiger partial charge in [-0.3, -0.25) is 0 Å². The summed E-state index contributed by atoms with van der Waals surface area (Å²) in [7, 11) is 0. The summed E-state index contributed by atoms with van der Waals surface area (Å²) in [6, 6.07) is -0.233. The highest BCUT2D eigenvalue weighted by Crippen LogP contribution is 2.32. The molecule has 0 bridgehead atoms. The lowest BCUT2D eigenvalue weighted by Gasteiger charge is -2.31. The molecule has 1 fully saturated rings. The third-order valence-electron chi connectivity index (χ3n) is 3.63. The summed E-state index contributed by atoms with van der Waals surface area (Å²) in [5.41, 5.74) is 0. The summed E-state index contributed by atoms with van der Waals surface area (Å²) in [6.45, 7) is 2.56. The summed E-state index contributed by atoms with van der Waals surface area (Å²) in [5.74, 6) is 1.37. The summed E-state index contributed by atoms with van der Waals surface area (Å²) < 4.78 is 11.9. The van der Waals surface area contributed by atoms with Crippen LogP contribution in [0.3, 0.4) is 0 Å². The molecule has 0 spiro atoms. The number of rotatable bonds is 6. The van der Waals surface area contributed by atoms with Crippen LogP contribution in [0.15, 0.2) is 0 Å². The molecule has 1 aliphatic rings. The third kappa shape index (κ3) is 5.37. The first-order valence-corrected chi connectivity index (χ1v) is 6.85. The first-order valence-electron chi connectivity index (χ1n) is 6.85. The highest BCUT2D eigenvalue weighted by atomic mass is 19.1. The Hall–Kier alpha value is -0.800. The first kappa shape index (κ1) is 14.3. The topological polar surface area (TPSA) is 41.1 Å². The third-order valence-corrected chi connectivity index (χ3v) is 3.63. The van der Waals surface area contributed by atoms with Crippen LogP contribution in [0, 0.1) is 11.8 Å². The Bertz CT molecular complexity index is 221. The van der Waals surface area contributed by atoms with E-state index in [0.29, 0.717) is 5.92 Å². The van der Waals surface area contributed by atoms with Crippen molar-refractivity contribution in [1.29, 1.82) is 0 Å². The van der Waals surface area contributed by atoms with Crippen molar-refractivity contribution in [3.63, 3.8) is 0 Å². The van der Waals surface area contributed by atoms with Gasteiger partial charge in [-0.15, -0.1) is 0 Å². The number of carbonyl (C=O) groups is 1. The normalized spacial score (nSPS) is 24.4. The standard InChI is InChI=1S/C13H25FN2O/c1-2-5-11-6-3-4-7-12(11)10-16-13(17)15-9-8-14/h11-12H,2-10H2,1H3,(H2,15,16,17). The molecule has 2 N–H and O–H groups in total. The number of carbonyl (C=O) groups excluding carboxylic acids is 1. The number of hydrogen-bond donors (Lipinski definition) is 2. The fraction of sp³-hybridized carbons (Fsp3) is 0.923. The van der Waals surface area contributed by atoms with Gasteiger partial charge in [0.1, 0.15) is 6.67 Å². The Morgan fingerprint density at radius 2 is 1.94 bits per heavy atom. The molecule has 0 aromatic rings. The molecule has 1 saturated carbocycles. The second kappa shape index (κ2) is 8.31. The Kier molecular flexibility index (Phi) is 6.97. The zero-order valence-corrected chi connectivity index (χ0v) is 10.8. The number of hydrogen-bond acceptors (Lipinski definition) is 1. The molecule has 2 amide bonds. The fourth-order valence-electron chi connectivity index (χ4n) is 2.75. The summed E-state index contributed by atoms with van der Waals surface area (Å²) in [4.78, 5) is 11.3. The zero-order valence-electron chi connectivity index (χ0n) is 10.8. The average molecular weight is 244 g/mol. The number of halogens is 1. The number of nitrogens with one attached hydrogen (secondary N) is 2. The zero-order chi connectivity index (χ0) is 12.5. The molecule has 3 nitrogen and oxygen atoms in total. The van der Waals surface area contributed by atoms with Crippen LogP contribution in [0.4, 0.5) is 9.18 Å². The molecular formula is C13H25FN2O. The van der Waals surface area contributed by atoms with Crippen molar-refractivity contribution in [3.05, 3.63) is 0 Å². The molecular weight excluding hydrogens is 219 g/mol. The maximum atomic E-state index is 11.9. The maximum absolute atomic E-state index is 11.9. The summed E-state index contributed by atoms with van der Waals surface area (Å²) in [5, 5.41) is 5.35. The van der Waals surface area contributed by atoms with Gasteiger partial charge in [-0.25, -0.2) is 9.18 Å². The van der Waals surface area contributed by atoms with Crippen molar-refractivity contribution in [2.75, 3.05) is 19.8 Å². The van der Waals surface area contributed by atoms with E-state index >= 15 is 0 Å². The van der Waals surface area contributed by atoms with Gasteiger partial charge in [0.05, 0.1) is 0 Å². The molecule has 1 aliphatic carbocycles. The lowest BCUT2D eigenvalue weighted by Crippen LogP contribution is -2.41. The molecule has 0 aromatic heterocycles. The molecule has 0 saturated heterocycles. The summed E-state index contributed by atoms with van der Waals surface area (Å²) >= 11 is 0. The first-order chi connectivity index (χ1) is 8.27. The van der Waals surface area contributed by atoms with Gasteiger partial charge in [0.15, 0.2) is 0 Å². The number of urea groups is 1. The van der Waals surface area contributed by atoms with Gasteiger partial charge in [0.25, 0.3) is 0 Å². The highest BCUT2D eigenvalue weighted by molar-refractivity contribution is 5.73. The minimum Gasteiger partial charge on any atom is -0.338 e. The smallest absolute Gasteiger partial charge is 0.314 e. The highest BCUT2D eigenvalue weighted by Gasteiger charge is 2.24. The number of amides is 2. The predicted octanol–water partition coefficient (Wildman–Crippen LogP) is 2.86. The summed E-state index contributed by atoms with van der Waals surface area (Å²) in [6.07, 6.45) is 7.60. The molecule has 0 heterocycles. The molecule has 0 radical (unpaired) electrons. The largest absolute Gasteiger partial charge is 0.338 e. The van der Waals surface area contributed by atoms with E-state index in [9.17, 15) is 9.18 Å². The molecule has 17 heavy (non-hydrogen) atoms. The Morgan fingerprint density at radius 3 is 2.59 bits per heavy atom. The van der Waals surface area contributed by atoms with Crippen molar-refractivity contribution >= 4 is 6.03 Å². The predicted molar refractivity (Wildman–Crippen MR) is 67.7 cm³/mol. The molecule has 2 unspecified atom stereocenters. The van der Waals surface area contributed by atoms with Crippen molar-refractivity contribution in [3.8, 4) is 0 Å². The minimum absolute atomic E-state index is 0.106. The van der Waals surface area contributed by atoms with Gasteiger partial charge in [0, 0.05) is 13.1 Å². The van der Waals surface area contributed by atoms with Crippen molar-refractivity contribution < 1.29 is 9.18 Å². The van der Waals surface area contributed by atoms with Gasteiger partial charge >= 0.3 is 6.03 Å². The molecule has 1 rings (SSSR count). The van der Waals surface area contributed by atoms with Crippen LogP contribution in [-0.4, -0.2) is 25.8 Å². The van der Waals surface area contributed by atoms with Crippen LogP contribution in [0.5, 0.6) is 0 Å². The van der Waals surface area contributed by atoms with Crippen LogP contribution in [0.1, 0.15) is 45.4 Å². The van der Waals surface area contributed by atoms with E-state index in [1.165, 1.54) is 38.5 Å². The Morgan fingerprint density at radius 1 is 1.24 bits per heavy atom. The van der Waals surface area contributed by atoms with Crippen LogP contribution < -0.4 is 10.6 Å². The second-order valence-electron chi connectivity index (χ2n) is 4.92. The van der Waals surface area contributed by atoms with E-state index in [1.54, 1.807) is 0 Å². The van der Waals surface area contributed by atoms with E-state index in [-0.39, 0.29) is 12.6 Å². The van der Waals surface area contributed by atoms with E-state index < -0.39 is 6.67 Å². The van der Waals surface area contributed by atoms with Crippen molar-refractivity contribution in [2.45, 2.75) is 45.4 Å². The molecule has 0 aromatic carbocycles. The van der Waals surface area contributed by atoms with E-state index in [4.69, 9.17) is 0 Å². The molecule has 4 heteroatoms. The number of alkyl halides is 1. The monoisotopic (exact) mass is 244 g/mol. The lowest BCUT2D eigenvalue weighted by molar-refractivity contribution is 0.207. The van der Waals surface area contributed by atoms with Crippen LogP contribution in [-0.2, 0) is 0 Å². The molecule has 0 aliphatic heterocycles. The maximum Gasteiger partial charge on any atom is 0.314 e. The van der Waals surface area contributed by atoms with Crippen molar-refractivity contribution in [1.82, 2.24) is 10.6 Å². The van der Waals surface area contributed by atoms with Gasteiger partial charge in [0.2, 0.25) is 0 Å². The van der Waals surface area contributed by atoms with Crippen LogP contribution in [0.25, 0.3) is 0 Å². The molecule has 100 valence electrons. The van der Waals surface area contributed by atoms with Gasteiger partial charge in [-0.2, -0.15) is 0 Å². The van der Waals surface area contributed by atoms with Crippen LogP contribution in [0.2, 0.25) is 0 Å². The Labute approximate surface area is 104 Å². The van der Waals surface area contributed by atoms with Crippen molar-refractivity contribution in [2.24, 2.45) is 11.8 Å². The fourth-order valence-corrected chi connectivity index (χ4v) is 2.75. The van der Waals surface area contributed by atoms with Gasteiger partial charge in [-0.1, -0.05) is 39.0 Å². The van der Waals surface area contributed by atoms with E-state index in [1.807, 2.05) is 0 Å². The quantitative estimate of drug-likeness (QED) is 0.741. The van der Waals surface area contributed by atoms with Crippen LogP contribution >= 0.6 is 0 Å². The van der Waals surface area contributed by atoms with E-state index in [2.05, 4.69) is 17.6 Å². The minimum atomic E-state index is -0.505. The average Bonchev–Trinajstić information content (AvgIpc) is 2.35. The lowest BCUT2D eigenvalue weighted by atomic mass is 9.77. The Balaban J connectivity index is 2.25. The SMILES string of the molecule is CCCC1CCCCC1CNC(=O)NCCF. The van der Waals surface area contributed by atoms with Gasteiger partial charge in [-0.05, 0) is 18.3 Å². The molecule has 2 atom stereocenters.